The maximum absolute atomic E-state index is 5.69. The largest absolute Gasteiger partial charge is 0.494 e. The number of hydrogen-bond donors (Lipinski definition) is 1. The van der Waals surface area contributed by atoms with E-state index in [1.54, 1.807) is 0 Å². The SMILES string of the molecule is CC.CCCC.CCCNC1C=C/C(c2ccc(OCC)c(C)c2)=C\C2=NC=CC2(C)C1. The summed E-state index contributed by atoms with van der Waals surface area (Å²) < 4.78 is 5.69. The number of allylic oxidation sites excluding steroid dienone is 4. The van der Waals surface area contributed by atoms with E-state index in [1.165, 1.54) is 24.0 Å². The smallest absolute Gasteiger partial charge is 0.122 e. The lowest BCUT2D eigenvalue weighted by atomic mass is 9.77. The van der Waals surface area contributed by atoms with E-state index in [2.05, 4.69) is 87.4 Å². The lowest BCUT2D eigenvalue weighted by molar-refractivity contribution is 0.338. The second-order valence-electron chi connectivity index (χ2n) is 8.38. The predicted molar refractivity (Wildman–Crippen MR) is 143 cm³/mol. The summed E-state index contributed by atoms with van der Waals surface area (Å²) in [5.74, 6) is 0.957. The standard InChI is InChI=1S/C23H30N2O.C4H10.C2H6/c1-5-12-24-20-9-7-19(15-22-23(4,16-20)11-13-25-22)18-8-10-21(26-6-2)17(3)14-18;1-3-4-2;1-2/h7-11,13-15,20,24H,5-6,12,16H2,1-4H3;3-4H2,1-2H3;1-2H3/b9-7?,19-15+;;. The summed E-state index contributed by atoms with van der Waals surface area (Å²) in [5.41, 5.74) is 4.70. The van der Waals surface area contributed by atoms with E-state index in [1.807, 2.05) is 27.0 Å². The molecule has 0 saturated carbocycles. The van der Waals surface area contributed by atoms with Gasteiger partial charge in [-0.2, -0.15) is 0 Å². The molecule has 0 aromatic heterocycles. The van der Waals surface area contributed by atoms with E-state index in [0.717, 1.165) is 36.4 Å². The third kappa shape index (κ3) is 8.09. The Morgan fingerprint density at radius 3 is 2.41 bits per heavy atom. The molecule has 178 valence electrons. The van der Waals surface area contributed by atoms with Gasteiger partial charge in [0.1, 0.15) is 5.75 Å². The van der Waals surface area contributed by atoms with E-state index < -0.39 is 0 Å². The van der Waals surface area contributed by atoms with Crippen molar-refractivity contribution in [3.63, 3.8) is 0 Å². The molecular formula is C29H46N2O. The molecule has 1 aliphatic heterocycles. The highest BCUT2D eigenvalue weighted by atomic mass is 16.5. The fourth-order valence-corrected chi connectivity index (χ4v) is 3.63. The molecule has 1 aliphatic carbocycles. The molecule has 1 N–H and O–H groups in total. The van der Waals surface area contributed by atoms with Gasteiger partial charge in [0.15, 0.2) is 0 Å². The van der Waals surface area contributed by atoms with Crippen LogP contribution in [0.4, 0.5) is 0 Å². The highest BCUT2D eigenvalue weighted by Crippen LogP contribution is 2.36. The molecule has 0 amide bonds. The summed E-state index contributed by atoms with van der Waals surface area (Å²) in [5, 5.41) is 3.66. The van der Waals surface area contributed by atoms with Gasteiger partial charge in [0, 0.05) is 17.7 Å². The van der Waals surface area contributed by atoms with Crippen molar-refractivity contribution in [1.82, 2.24) is 5.32 Å². The maximum atomic E-state index is 5.69. The number of nitrogens with zero attached hydrogens (tertiary/aromatic N) is 1. The van der Waals surface area contributed by atoms with Crippen molar-refractivity contribution in [2.45, 2.75) is 87.1 Å². The second kappa shape index (κ2) is 14.8. The second-order valence-corrected chi connectivity index (χ2v) is 8.38. The Balaban J connectivity index is 0.000000769. The third-order valence-corrected chi connectivity index (χ3v) is 5.65. The van der Waals surface area contributed by atoms with Crippen molar-refractivity contribution in [1.29, 1.82) is 0 Å². The highest BCUT2D eigenvalue weighted by molar-refractivity contribution is 6.08. The topological polar surface area (TPSA) is 33.6 Å². The summed E-state index contributed by atoms with van der Waals surface area (Å²) in [4.78, 5) is 4.66. The molecule has 3 heteroatoms. The van der Waals surface area contributed by atoms with Crippen molar-refractivity contribution in [2.75, 3.05) is 13.2 Å². The van der Waals surface area contributed by atoms with E-state index >= 15 is 0 Å². The first-order valence-electron chi connectivity index (χ1n) is 12.6. The Morgan fingerprint density at radius 1 is 1.09 bits per heavy atom. The van der Waals surface area contributed by atoms with E-state index in [4.69, 9.17) is 4.74 Å². The first kappa shape index (κ1) is 27.9. The van der Waals surface area contributed by atoms with Crippen LogP contribution in [0.2, 0.25) is 0 Å². The van der Waals surface area contributed by atoms with Gasteiger partial charge in [-0.1, -0.05) is 78.7 Å². The van der Waals surface area contributed by atoms with Crippen molar-refractivity contribution >= 4 is 11.3 Å². The monoisotopic (exact) mass is 438 g/mol. The van der Waals surface area contributed by atoms with Crippen molar-refractivity contribution in [2.24, 2.45) is 10.4 Å². The van der Waals surface area contributed by atoms with Crippen LogP contribution in [0.25, 0.3) is 5.57 Å². The van der Waals surface area contributed by atoms with Crippen molar-refractivity contribution in [3.05, 3.63) is 59.8 Å². The fourth-order valence-electron chi connectivity index (χ4n) is 3.63. The molecule has 2 aliphatic rings. The number of nitrogens with one attached hydrogen (secondary N) is 1. The van der Waals surface area contributed by atoms with Gasteiger partial charge in [-0.3, -0.25) is 4.99 Å². The van der Waals surface area contributed by atoms with Gasteiger partial charge < -0.3 is 10.1 Å². The lowest BCUT2D eigenvalue weighted by Crippen LogP contribution is -2.36. The molecule has 0 fully saturated rings. The number of aliphatic imine (C=N–C) groups is 1. The van der Waals surface area contributed by atoms with Crippen molar-refractivity contribution in [3.8, 4) is 5.75 Å². The number of aryl methyl sites for hydroxylation is 1. The molecule has 0 saturated heterocycles. The van der Waals surface area contributed by atoms with Crippen LogP contribution >= 0.6 is 0 Å². The zero-order valence-electron chi connectivity index (χ0n) is 21.8. The molecule has 2 atom stereocenters. The molecule has 2 unspecified atom stereocenters. The van der Waals surface area contributed by atoms with Crippen LogP contribution in [0.5, 0.6) is 5.75 Å². The maximum Gasteiger partial charge on any atom is 0.122 e. The minimum Gasteiger partial charge on any atom is -0.494 e. The molecular weight excluding hydrogens is 392 g/mol. The fraction of sp³-hybridized carbons (Fsp3) is 0.552. The van der Waals surface area contributed by atoms with E-state index in [-0.39, 0.29) is 5.41 Å². The van der Waals surface area contributed by atoms with Gasteiger partial charge in [-0.05, 0) is 68.1 Å². The number of unbranched alkanes of at least 4 members (excludes halogenated alkanes) is 1. The highest BCUT2D eigenvalue weighted by Gasteiger charge is 2.33. The van der Waals surface area contributed by atoms with Crippen LogP contribution < -0.4 is 10.1 Å². The molecule has 1 aromatic rings. The first-order valence-corrected chi connectivity index (χ1v) is 12.6. The van der Waals surface area contributed by atoms with Crippen LogP contribution in [0.3, 0.4) is 0 Å². The summed E-state index contributed by atoms with van der Waals surface area (Å²) in [6.07, 6.45) is 15.8. The predicted octanol–water partition coefficient (Wildman–Crippen LogP) is 7.91. The zero-order chi connectivity index (χ0) is 24.0. The summed E-state index contributed by atoms with van der Waals surface area (Å²) in [6.45, 7) is 18.7. The van der Waals surface area contributed by atoms with Gasteiger partial charge in [-0.15, -0.1) is 0 Å². The lowest BCUT2D eigenvalue weighted by Gasteiger charge is -2.30. The number of fused-ring (bicyclic) bond motifs is 1. The quantitative estimate of drug-likeness (QED) is 0.469. The van der Waals surface area contributed by atoms with Gasteiger partial charge >= 0.3 is 0 Å². The molecule has 3 rings (SSSR count). The van der Waals surface area contributed by atoms with E-state index in [0.29, 0.717) is 12.6 Å². The molecule has 3 nitrogen and oxygen atoms in total. The first-order chi connectivity index (χ1) is 15.5. The Labute approximate surface area is 197 Å². The molecule has 1 aromatic carbocycles. The van der Waals surface area contributed by atoms with Crippen LogP contribution in [0, 0.1) is 12.3 Å². The normalized spacial score (nSPS) is 22.7. The average molecular weight is 439 g/mol. The Hall–Kier alpha value is -2.13. The molecule has 0 radical (unpaired) electrons. The minimum absolute atomic E-state index is 0.0122. The number of rotatable bonds is 7. The van der Waals surface area contributed by atoms with Crippen LogP contribution in [0.15, 0.2) is 53.7 Å². The molecule has 32 heavy (non-hydrogen) atoms. The number of hydrogen-bond acceptors (Lipinski definition) is 3. The Bertz CT molecular complexity index is 801. The number of benzene rings is 1. The Kier molecular flexibility index (Phi) is 12.9. The van der Waals surface area contributed by atoms with Gasteiger partial charge in [-0.25, -0.2) is 0 Å². The average Bonchev–Trinajstić information content (AvgIpc) is 3.15. The molecule has 0 spiro atoms. The summed E-state index contributed by atoms with van der Waals surface area (Å²) in [6, 6.07) is 6.77. The minimum atomic E-state index is -0.0122. The van der Waals surface area contributed by atoms with Crippen molar-refractivity contribution < 1.29 is 4.74 Å². The van der Waals surface area contributed by atoms with Crippen LogP contribution in [-0.4, -0.2) is 24.9 Å². The van der Waals surface area contributed by atoms with Gasteiger partial charge in [0.05, 0.1) is 12.3 Å². The van der Waals surface area contributed by atoms with Crippen LogP contribution in [0.1, 0.15) is 85.3 Å². The number of ether oxygens (including phenoxy) is 1. The summed E-state index contributed by atoms with van der Waals surface area (Å²) >= 11 is 0. The molecule has 1 heterocycles. The molecule has 0 bridgehead atoms. The van der Waals surface area contributed by atoms with Gasteiger partial charge in [0.2, 0.25) is 0 Å². The Morgan fingerprint density at radius 2 is 1.81 bits per heavy atom. The zero-order valence-corrected chi connectivity index (χ0v) is 21.8. The van der Waals surface area contributed by atoms with Gasteiger partial charge in [0.25, 0.3) is 0 Å². The van der Waals surface area contributed by atoms with Crippen LogP contribution in [-0.2, 0) is 0 Å². The summed E-state index contributed by atoms with van der Waals surface area (Å²) in [7, 11) is 0. The third-order valence-electron chi connectivity index (χ3n) is 5.65. The van der Waals surface area contributed by atoms with E-state index in [9.17, 15) is 0 Å².